The number of rotatable bonds is 15. The van der Waals surface area contributed by atoms with Gasteiger partial charge >= 0.3 is 0 Å². The third-order valence-electron chi connectivity index (χ3n) is 10.6. The van der Waals surface area contributed by atoms with Crippen molar-refractivity contribution in [3.05, 3.63) is 243 Å². The summed E-state index contributed by atoms with van der Waals surface area (Å²) in [5.74, 6) is 0. The molecule has 0 saturated carbocycles. The topological polar surface area (TPSA) is 74.8 Å². The monoisotopic (exact) mass is 860 g/mol. The number of nitrogens with zero attached hydrogens (tertiary/aromatic N) is 2. The molecule has 0 aromatic heterocycles. The van der Waals surface area contributed by atoms with Crippen LogP contribution in [-0.2, 0) is 18.3 Å². The van der Waals surface area contributed by atoms with E-state index in [0.717, 1.165) is 0 Å². The summed E-state index contributed by atoms with van der Waals surface area (Å²) in [4.78, 5) is 0. The van der Waals surface area contributed by atoms with Crippen LogP contribution in [0.5, 0.6) is 0 Å². The summed E-state index contributed by atoms with van der Waals surface area (Å²) in [6.45, 7) is -0.342. The first kappa shape index (κ1) is 41.3. The second-order valence-electron chi connectivity index (χ2n) is 14.2. The predicted octanol–water partition coefficient (Wildman–Crippen LogP) is 9.31. The van der Waals surface area contributed by atoms with Crippen LogP contribution in [0, 0.1) is 0 Å². The number of hydrogen-bond acceptors (Lipinski definition) is 4. The van der Waals surface area contributed by atoms with E-state index < -0.39 is 29.2 Å². The highest BCUT2D eigenvalue weighted by atomic mass is 31.2. The van der Waals surface area contributed by atoms with Crippen LogP contribution < -0.4 is 42.4 Å². The van der Waals surface area contributed by atoms with Crippen molar-refractivity contribution in [1.29, 1.82) is 0 Å². The summed E-state index contributed by atoms with van der Waals surface area (Å²) in [6, 6.07) is 73.4. The van der Waals surface area contributed by atoms with Crippen LogP contribution >= 0.6 is 29.2 Å². The molecule has 0 heterocycles. The van der Waals surface area contributed by atoms with Crippen LogP contribution in [0.2, 0.25) is 0 Å². The van der Waals surface area contributed by atoms with Crippen LogP contribution in [0.4, 0.5) is 0 Å². The molecule has 0 N–H and O–H groups in total. The largest absolute Gasteiger partial charge is 0.296 e. The van der Waals surface area contributed by atoms with E-state index in [1.165, 1.54) is 0 Å². The zero-order valence-corrected chi connectivity index (χ0v) is 36.4. The smallest absolute Gasteiger partial charge is 0.213 e. The second-order valence-corrected chi connectivity index (χ2v) is 25.5. The van der Waals surface area contributed by atoms with Crippen LogP contribution in [0.15, 0.2) is 243 Å². The van der Waals surface area contributed by atoms with E-state index in [-0.39, 0.29) is 13.1 Å². The van der Waals surface area contributed by atoms with E-state index in [9.17, 15) is 0 Å². The first-order chi connectivity index (χ1) is 29.3. The zero-order chi connectivity index (χ0) is 41.5. The molecule has 0 aliphatic carbocycles. The quantitative estimate of drug-likeness (QED) is 0.0958. The summed E-state index contributed by atoms with van der Waals surface area (Å²) < 4.78 is 70.9. The maximum atomic E-state index is 16.9. The summed E-state index contributed by atoms with van der Waals surface area (Å²) in [5.41, 5.74) is 0. The van der Waals surface area contributed by atoms with Gasteiger partial charge in [0.05, 0.1) is 0 Å². The molecule has 0 amide bonds. The molecular formula is C50H44N2O4P4. The molecule has 0 radical (unpaired) electrons. The molecule has 6 nitrogen and oxygen atoms in total. The highest BCUT2D eigenvalue weighted by Crippen LogP contribution is 2.67. The predicted molar refractivity (Wildman–Crippen MR) is 252 cm³/mol. The minimum atomic E-state index is -4.07. The van der Waals surface area contributed by atoms with Gasteiger partial charge in [-0.25, -0.2) is 0 Å². The van der Waals surface area contributed by atoms with Gasteiger partial charge in [-0.05, 0) is 97.1 Å². The van der Waals surface area contributed by atoms with Crippen molar-refractivity contribution in [2.45, 2.75) is 0 Å². The van der Waals surface area contributed by atoms with Gasteiger partial charge in [-0.2, -0.15) is 8.88 Å². The summed E-state index contributed by atoms with van der Waals surface area (Å²) >= 11 is 0. The van der Waals surface area contributed by atoms with Gasteiger partial charge in [0.2, 0.25) is 29.2 Å². The van der Waals surface area contributed by atoms with E-state index in [2.05, 4.69) is 0 Å². The molecule has 8 aromatic rings. The Hall–Kier alpha value is -5.40. The number of benzene rings is 8. The minimum absolute atomic E-state index is 0.171. The van der Waals surface area contributed by atoms with Gasteiger partial charge in [0.25, 0.3) is 0 Å². The van der Waals surface area contributed by atoms with Crippen LogP contribution in [0.25, 0.3) is 0 Å². The molecule has 0 unspecified atom stereocenters. The molecule has 0 bridgehead atoms. The van der Waals surface area contributed by atoms with E-state index >= 15 is 18.3 Å². The lowest BCUT2D eigenvalue weighted by atomic mass is 10.4. The van der Waals surface area contributed by atoms with Crippen molar-refractivity contribution < 1.29 is 18.3 Å². The van der Waals surface area contributed by atoms with E-state index in [1.807, 2.05) is 243 Å². The van der Waals surface area contributed by atoms with Gasteiger partial charge in [0.15, 0.2) is 0 Å². The molecule has 0 aliphatic heterocycles. The summed E-state index contributed by atoms with van der Waals surface area (Å²) in [7, 11) is -16.3. The average molecular weight is 861 g/mol. The summed E-state index contributed by atoms with van der Waals surface area (Å²) in [6.07, 6.45) is 0. The molecule has 8 rings (SSSR count). The highest BCUT2D eigenvalue weighted by Gasteiger charge is 2.51. The third-order valence-corrected chi connectivity index (χ3v) is 25.1. The SMILES string of the molecule is O=P(c1ccccc1)(c1ccccc1)N(CCN(P(=O)(c1ccccc1)c1ccccc1)P(=O)(c1ccccc1)c1ccccc1)P(=O)(c1ccccc1)c1ccccc1. The number of hydrogen-bond donors (Lipinski definition) is 0. The summed E-state index contributed by atoms with van der Waals surface area (Å²) in [5, 5.41) is 3.88. The Bertz CT molecular complexity index is 2260. The lowest BCUT2D eigenvalue weighted by molar-refractivity contribution is 0.475. The Morgan fingerprint density at radius 2 is 0.333 bits per heavy atom. The molecule has 0 saturated heterocycles. The van der Waals surface area contributed by atoms with Crippen molar-refractivity contribution in [2.75, 3.05) is 13.1 Å². The molecular weight excluding hydrogens is 816 g/mol. The molecule has 8 aromatic carbocycles. The fraction of sp³-hybridized carbons (Fsp3) is 0.0400. The molecule has 0 aliphatic rings. The van der Waals surface area contributed by atoms with Gasteiger partial charge in [0.1, 0.15) is 0 Å². The molecule has 0 fully saturated rings. The Labute approximate surface area is 352 Å². The minimum Gasteiger partial charge on any atom is -0.296 e. The van der Waals surface area contributed by atoms with Gasteiger partial charge in [0, 0.05) is 55.5 Å². The molecule has 0 spiro atoms. The van der Waals surface area contributed by atoms with Gasteiger partial charge in [-0.3, -0.25) is 18.3 Å². The van der Waals surface area contributed by atoms with Crippen molar-refractivity contribution >= 4 is 71.6 Å². The normalized spacial score (nSPS) is 12.4. The average Bonchev–Trinajstić information content (AvgIpc) is 3.34. The zero-order valence-electron chi connectivity index (χ0n) is 32.8. The van der Waals surface area contributed by atoms with Crippen LogP contribution in [-0.4, -0.2) is 22.0 Å². The molecule has 60 heavy (non-hydrogen) atoms. The lowest BCUT2D eigenvalue weighted by Crippen LogP contribution is -2.43. The molecule has 10 heteroatoms. The fourth-order valence-electron chi connectivity index (χ4n) is 7.80. The molecule has 298 valence electrons. The van der Waals surface area contributed by atoms with Crippen LogP contribution in [0.1, 0.15) is 0 Å². The van der Waals surface area contributed by atoms with Gasteiger partial charge < -0.3 is 0 Å². The Balaban J connectivity index is 1.46. The second kappa shape index (κ2) is 18.1. The van der Waals surface area contributed by atoms with Crippen LogP contribution in [0.3, 0.4) is 0 Å². The Morgan fingerprint density at radius 3 is 0.450 bits per heavy atom. The maximum Gasteiger partial charge on any atom is 0.213 e. The maximum absolute atomic E-state index is 16.9. The van der Waals surface area contributed by atoms with Crippen molar-refractivity contribution in [3.63, 3.8) is 0 Å². The van der Waals surface area contributed by atoms with Crippen molar-refractivity contribution in [2.24, 2.45) is 0 Å². The van der Waals surface area contributed by atoms with E-state index in [0.29, 0.717) is 42.4 Å². The fourth-order valence-corrected chi connectivity index (χ4v) is 22.5. The van der Waals surface area contributed by atoms with Gasteiger partial charge in [-0.15, -0.1) is 0 Å². The van der Waals surface area contributed by atoms with E-state index in [1.54, 1.807) is 8.88 Å². The van der Waals surface area contributed by atoms with E-state index in [4.69, 9.17) is 0 Å². The highest BCUT2D eigenvalue weighted by molar-refractivity contribution is 7.91. The lowest BCUT2D eigenvalue weighted by Gasteiger charge is -2.42. The third kappa shape index (κ3) is 7.62. The van der Waals surface area contributed by atoms with Crippen molar-refractivity contribution in [3.8, 4) is 0 Å². The first-order valence-electron chi connectivity index (χ1n) is 19.7. The first-order valence-corrected chi connectivity index (χ1v) is 26.4. The Morgan fingerprint density at radius 1 is 0.217 bits per heavy atom. The molecule has 0 atom stereocenters. The Kier molecular flexibility index (Phi) is 12.4. The van der Waals surface area contributed by atoms with Gasteiger partial charge in [-0.1, -0.05) is 146 Å². The van der Waals surface area contributed by atoms with Crippen molar-refractivity contribution in [1.82, 2.24) is 8.88 Å². The standard InChI is InChI=1S/C50H44N2O4P4/c53-57(43-25-9-1-10-26-43,44-27-11-2-12-28-44)51(58(54,45-29-13-3-14-30-45)46-31-15-4-16-32-46)41-42-52(59(55,47-33-17-5-18-34-47)48-35-19-6-20-36-48)60(56,49-37-21-7-22-38-49)50-39-23-8-24-40-50/h1-40H,41-42H2.